The van der Waals surface area contributed by atoms with Gasteiger partial charge in [0, 0.05) is 13.7 Å². The summed E-state index contributed by atoms with van der Waals surface area (Å²) in [6, 6.07) is 7.88. The number of urea groups is 1. The molecular formula is C28H43N3O4. The Morgan fingerprint density at radius 1 is 1.09 bits per heavy atom. The highest BCUT2D eigenvalue weighted by atomic mass is 16.5. The Labute approximate surface area is 210 Å². The molecule has 2 fully saturated rings. The highest BCUT2D eigenvalue weighted by molar-refractivity contribution is 5.93. The van der Waals surface area contributed by atoms with Gasteiger partial charge in [-0.05, 0) is 41.1 Å². The fraction of sp³-hybridized carbons (Fsp3) is 0.679. The minimum atomic E-state index is -0.768. The van der Waals surface area contributed by atoms with E-state index in [1.807, 2.05) is 65.0 Å². The summed E-state index contributed by atoms with van der Waals surface area (Å²) in [5.41, 5.74) is 0.512. The van der Waals surface area contributed by atoms with E-state index in [-0.39, 0.29) is 41.1 Å². The van der Waals surface area contributed by atoms with Gasteiger partial charge in [0.25, 0.3) is 0 Å². The van der Waals surface area contributed by atoms with Crippen LogP contribution in [0.3, 0.4) is 0 Å². The number of nitrogens with one attached hydrogen (secondary N) is 2. The zero-order chi connectivity index (χ0) is 26.3. The maximum Gasteiger partial charge on any atom is 0.315 e. The van der Waals surface area contributed by atoms with Crippen LogP contribution in [0.2, 0.25) is 0 Å². The number of methoxy groups -OCH3 is 1. The third-order valence-corrected chi connectivity index (χ3v) is 8.02. The molecule has 3 rings (SSSR count). The summed E-state index contributed by atoms with van der Waals surface area (Å²) in [4.78, 5) is 41.3. The van der Waals surface area contributed by atoms with Gasteiger partial charge >= 0.3 is 6.03 Å². The highest BCUT2D eigenvalue weighted by Crippen LogP contribution is 2.65. The molecule has 1 heterocycles. The van der Waals surface area contributed by atoms with Gasteiger partial charge in [0.1, 0.15) is 12.1 Å². The number of Topliss-reactive ketones (excluding diaryl/α,β-unsaturated/α-hetero) is 1. The van der Waals surface area contributed by atoms with Crippen molar-refractivity contribution < 1.29 is 19.1 Å². The molecule has 1 aliphatic carbocycles. The number of ether oxygens (including phenoxy) is 1. The molecule has 35 heavy (non-hydrogen) atoms. The zero-order valence-electron chi connectivity index (χ0n) is 22.7. The van der Waals surface area contributed by atoms with E-state index in [0.29, 0.717) is 12.5 Å². The van der Waals surface area contributed by atoms with Crippen LogP contribution in [-0.4, -0.2) is 54.4 Å². The van der Waals surface area contributed by atoms with Crippen molar-refractivity contribution in [3.05, 3.63) is 35.9 Å². The first-order chi connectivity index (χ1) is 16.2. The van der Waals surface area contributed by atoms with Crippen molar-refractivity contribution in [1.29, 1.82) is 0 Å². The van der Waals surface area contributed by atoms with E-state index in [0.717, 1.165) is 5.56 Å². The number of carbonyl (C=O) groups is 3. The van der Waals surface area contributed by atoms with E-state index in [2.05, 4.69) is 24.5 Å². The normalized spacial score (nSPS) is 25.4. The van der Waals surface area contributed by atoms with Gasteiger partial charge in [-0.3, -0.25) is 9.59 Å². The molecule has 6 atom stereocenters. The molecule has 0 aromatic heterocycles. The fourth-order valence-electron chi connectivity index (χ4n) is 5.84. The summed E-state index contributed by atoms with van der Waals surface area (Å²) >= 11 is 0. The smallest absolute Gasteiger partial charge is 0.315 e. The molecule has 2 N–H and O–H groups in total. The Kier molecular flexibility index (Phi) is 7.70. The number of hydrogen-bond donors (Lipinski definition) is 2. The molecule has 1 aromatic carbocycles. The van der Waals surface area contributed by atoms with E-state index in [1.54, 1.807) is 18.9 Å². The Morgan fingerprint density at radius 3 is 2.17 bits per heavy atom. The molecule has 2 aliphatic rings. The van der Waals surface area contributed by atoms with Crippen LogP contribution in [0.25, 0.3) is 0 Å². The van der Waals surface area contributed by atoms with Crippen LogP contribution in [0.1, 0.15) is 67.1 Å². The van der Waals surface area contributed by atoms with Gasteiger partial charge in [0.05, 0.1) is 12.1 Å². The number of carbonyl (C=O) groups excluding carboxylic acids is 3. The fourth-order valence-corrected chi connectivity index (χ4v) is 5.84. The molecule has 1 saturated carbocycles. The Morgan fingerprint density at radius 2 is 1.69 bits per heavy atom. The van der Waals surface area contributed by atoms with Crippen LogP contribution in [0, 0.1) is 28.6 Å². The van der Waals surface area contributed by atoms with Crippen molar-refractivity contribution in [1.82, 2.24) is 15.5 Å². The molecule has 1 saturated heterocycles. The molecule has 7 nitrogen and oxygen atoms in total. The minimum absolute atomic E-state index is 0.0132. The first-order valence-electron chi connectivity index (χ1n) is 12.7. The van der Waals surface area contributed by atoms with Crippen LogP contribution in [0.4, 0.5) is 4.79 Å². The van der Waals surface area contributed by atoms with E-state index < -0.39 is 23.5 Å². The Hall–Kier alpha value is -2.41. The van der Waals surface area contributed by atoms with Crippen molar-refractivity contribution in [3.63, 3.8) is 0 Å². The van der Waals surface area contributed by atoms with Crippen LogP contribution in [0.5, 0.6) is 0 Å². The van der Waals surface area contributed by atoms with Crippen molar-refractivity contribution in [2.75, 3.05) is 13.7 Å². The number of benzene rings is 1. The number of rotatable bonds is 8. The molecule has 7 heteroatoms. The predicted octanol–water partition coefficient (Wildman–Crippen LogP) is 4.18. The maximum atomic E-state index is 13.8. The number of fused-ring (bicyclic) bond motifs is 1. The van der Waals surface area contributed by atoms with Crippen molar-refractivity contribution >= 4 is 17.7 Å². The van der Waals surface area contributed by atoms with E-state index in [4.69, 9.17) is 4.74 Å². The summed E-state index contributed by atoms with van der Waals surface area (Å²) in [6.07, 6.45) is -0.333. The summed E-state index contributed by atoms with van der Waals surface area (Å²) in [5, 5.41) is 6.02. The Bertz CT molecular complexity index is 937. The topological polar surface area (TPSA) is 87.7 Å². The first-order valence-corrected chi connectivity index (χ1v) is 12.7. The van der Waals surface area contributed by atoms with Gasteiger partial charge in [-0.25, -0.2) is 4.79 Å². The molecule has 0 spiro atoms. The van der Waals surface area contributed by atoms with Crippen LogP contribution in [-0.2, 0) is 14.3 Å². The van der Waals surface area contributed by atoms with Gasteiger partial charge in [0.2, 0.25) is 5.91 Å². The monoisotopic (exact) mass is 485 g/mol. The highest BCUT2D eigenvalue weighted by Gasteiger charge is 2.69. The number of likely N-dealkylation sites (tertiary alicyclic amines) is 1. The third kappa shape index (κ3) is 5.40. The quantitative estimate of drug-likeness (QED) is 0.578. The van der Waals surface area contributed by atoms with Crippen LogP contribution in [0.15, 0.2) is 30.3 Å². The lowest BCUT2D eigenvalue weighted by molar-refractivity contribution is -0.142. The molecule has 3 amide bonds. The molecular weight excluding hydrogens is 442 g/mol. The van der Waals surface area contributed by atoms with Gasteiger partial charge in [-0.1, -0.05) is 78.8 Å². The zero-order valence-corrected chi connectivity index (χ0v) is 22.7. The molecule has 0 radical (unpaired) electrons. The first kappa shape index (κ1) is 27.2. The largest absolute Gasteiger partial charge is 0.375 e. The van der Waals surface area contributed by atoms with Gasteiger partial charge in [0.15, 0.2) is 5.78 Å². The predicted molar refractivity (Wildman–Crippen MR) is 137 cm³/mol. The molecule has 194 valence electrons. The lowest BCUT2D eigenvalue weighted by Crippen LogP contribution is -2.60. The molecule has 0 bridgehead atoms. The van der Waals surface area contributed by atoms with E-state index >= 15 is 0 Å². The van der Waals surface area contributed by atoms with E-state index in [9.17, 15) is 14.4 Å². The average Bonchev–Trinajstić information content (AvgIpc) is 3.11. The van der Waals surface area contributed by atoms with Gasteiger partial charge < -0.3 is 20.3 Å². The Balaban J connectivity index is 1.77. The van der Waals surface area contributed by atoms with E-state index in [1.165, 1.54) is 0 Å². The number of amides is 3. The molecule has 6 unspecified atom stereocenters. The summed E-state index contributed by atoms with van der Waals surface area (Å²) < 4.78 is 5.78. The SMILES string of the molecule is COC(c1ccccc1)C(NC(=O)NC(C(=O)N1CC2C(C1C(C)=O)C2(C)C)C(C)(C)C)C(C)C. The van der Waals surface area contributed by atoms with Crippen LogP contribution < -0.4 is 10.6 Å². The van der Waals surface area contributed by atoms with Crippen molar-refractivity contribution in [2.45, 2.75) is 79.6 Å². The standard InChI is InChI=1S/C28H43N3O4/c1-16(2)21(23(35-9)18-13-11-10-12-14-18)29-26(34)30-24(27(4,5)6)25(33)31-15-19-20(28(19,7)8)22(31)17(3)32/h10-14,16,19-24H,15H2,1-9H3,(H2,29,30,34). The summed E-state index contributed by atoms with van der Waals surface area (Å²) in [5.74, 6) is 0.428. The second-order valence-corrected chi connectivity index (χ2v) is 12.3. The van der Waals surface area contributed by atoms with Crippen LogP contribution >= 0.6 is 0 Å². The third-order valence-electron chi connectivity index (χ3n) is 8.02. The molecule has 1 aromatic rings. The average molecular weight is 486 g/mol. The number of hydrogen-bond acceptors (Lipinski definition) is 4. The second kappa shape index (κ2) is 9.92. The number of ketones is 1. The lowest BCUT2D eigenvalue weighted by atomic mass is 9.85. The van der Waals surface area contributed by atoms with Gasteiger partial charge in [-0.2, -0.15) is 0 Å². The minimum Gasteiger partial charge on any atom is -0.375 e. The van der Waals surface area contributed by atoms with Crippen molar-refractivity contribution in [3.8, 4) is 0 Å². The lowest BCUT2D eigenvalue weighted by Gasteiger charge is -2.38. The van der Waals surface area contributed by atoms with Gasteiger partial charge in [-0.15, -0.1) is 0 Å². The summed E-state index contributed by atoms with van der Waals surface area (Å²) in [6.45, 7) is 16.3. The summed E-state index contributed by atoms with van der Waals surface area (Å²) in [7, 11) is 1.64. The van der Waals surface area contributed by atoms with Crippen molar-refractivity contribution in [2.24, 2.45) is 28.6 Å². The second-order valence-electron chi connectivity index (χ2n) is 12.3. The molecule has 1 aliphatic heterocycles. The number of nitrogens with zero attached hydrogens (tertiary/aromatic N) is 1. The number of piperidine rings is 1. The maximum absolute atomic E-state index is 13.8.